The lowest BCUT2D eigenvalue weighted by atomic mass is 9.60. The molecule has 0 radical (unpaired) electrons. The number of rotatable bonds is 5. The number of amides is 1. The number of benzene rings is 1. The van der Waals surface area contributed by atoms with E-state index in [1.54, 1.807) is 26.8 Å². The van der Waals surface area contributed by atoms with E-state index in [1.165, 1.54) is 30.2 Å². The van der Waals surface area contributed by atoms with Crippen LogP contribution in [-0.4, -0.2) is 41.6 Å². The average Bonchev–Trinajstić information content (AvgIpc) is 3.21. The van der Waals surface area contributed by atoms with Gasteiger partial charge in [0.05, 0.1) is 12.2 Å². The van der Waals surface area contributed by atoms with Gasteiger partial charge in [0.1, 0.15) is 23.2 Å². The minimum Gasteiger partial charge on any atom is -0.493 e. The van der Waals surface area contributed by atoms with E-state index in [2.05, 4.69) is 13.8 Å². The molecule has 4 rings (SSSR count). The molecule has 1 aliphatic heterocycles. The monoisotopic (exact) mass is 487 g/mol. The van der Waals surface area contributed by atoms with Gasteiger partial charge in [0, 0.05) is 18.0 Å². The van der Waals surface area contributed by atoms with Crippen LogP contribution in [0.2, 0.25) is 0 Å². The third-order valence-electron chi connectivity index (χ3n) is 7.96. The Bertz CT molecular complexity index is 950. The van der Waals surface area contributed by atoms with Crippen LogP contribution in [0.25, 0.3) is 0 Å². The van der Waals surface area contributed by atoms with Gasteiger partial charge in [-0.2, -0.15) is 0 Å². The van der Waals surface area contributed by atoms with Gasteiger partial charge in [-0.05, 0) is 102 Å². The molecule has 3 fully saturated rings. The van der Waals surface area contributed by atoms with E-state index in [1.807, 2.05) is 6.92 Å². The van der Waals surface area contributed by atoms with Gasteiger partial charge >= 0.3 is 5.97 Å². The molecule has 6 heteroatoms. The quantitative estimate of drug-likeness (QED) is 0.457. The third kappa shape index (κ3) is 6.00. The summed E-state index contributed by atoms with van der Waals surface area (Å²) in [5.41, 5.74) is 0.177. The predicted octanol–water partition coefficient (Wildman–Crippen LogP) is 6.31. The van der Waals surface area contributed by atoms with E-state index < -0.39 is 29.3 Å². The Morgan fingerprint density at radius 1 is 1.14 bits per heavy atom. The maximum atomic E-state index is 15.2. The number of hydrogen-bond donors (Lipinski definition) is 0. The van der Waals surface area contributed by atoms with Crippen molar-refractivity contribution in [3.8, 4) is 5.75 Å². The molecule has 0 aromatic heterocycles. The van der Waals surface area contributed by atoms with Crippen molar-refractivity contribution in [2.75, 3.05) is 13.2 Å². The van der Waals surface area contributed by atoms with Gasteiger partial charge in [-0.1, -0.05) is 13.8 Å². The lowest BCUT2D eigenvalue weighted by Crippen LogP contribution is -2.43. The highest BCUT2D eigenvalue weighted by molar-refractivity contribution is 5.97. The number of fused-ring (bicyclic) bond motifs is 2. The van der Waals surface area contributed by atoms with Crippen molar-refractivity contribution >= 4 is 11.9 Å². The number of ether oxygens (including phenoxy) is 2. The minimum atomic E-state index is -0.675. The Morgan fingerprint density at radius 2 is 1.80 bits per heavy atom. The van der Waals surface area contributed by atoms with Crippen LogP contribution < -0.4 is 4.74 Å². The summed E-state index contributed by atoms with van der Waals surface area (Å²) < 4.78 is 26.9. The molecule has 2 bridgehead atoms. The molecule has 2 saturated carbocycles. The summed E-state index contributed by atoms with van der Waals surface area (Å²) in [5, 5.41) is 0. The first-order valence-electron chi connectivity index (χ1n) is 13.3. The minimum absolute atomic E-state index is 0.0160. The summed E-state index contributed by atoms with van der Waals surface area (Å²) in [7, 11) is 0. The van der Waals surface area contributed by atoms with Crippen molar-refractivity contribution in [2.24, 2.45) is 23.2 Å². The topological polar surface area (TPSA) is 55.8 Å². The van der Waals surface area contributed by atoms with Gasteiger partial charge in [0.2, 0.25) is 0 Å². The highest BCUT2D eigenvalue weighted by Gasteiger charge is 2.42. The second-order valence-corrected chi connectivity index (χ2v) is 12.8. The lowest BCUT2D eigenvalue weighted by molar-refractivity contribution is -0.159. The molecule has 2 aliphatic carbocycles. The summed E-state index contributed by atoms with van der Waals surface area (Å²) in [6.07, 6.45) is 7.48. The zero-order chi connectivity index (χ0) is 25.5. The molecule has 3 unspecified atom stereocenters. The first kappa shape index (κ1) is 26.0. The molecule has 35 heavy (non-hydrogen) atoms. The second-order valence-electron chi connectivity index (χ2n) is 12.8. The molecule has 0 N–H and O–H groups in total. The van der Waals surface area contributed by atoms with Crippen molar-refractivity contribution in [1.82, 2.24) is 4.90 Å². The first-order valence-corrected chi connectivity index (χ1v) is 13.3. The average molecular weight is 488 g/mol. The Labute approximate surface area is 209 Å². The molecular weight excluding hydrogens is 445 g/mol. The first-order chi connectivity index (χ1) is 16.3. The number of nitrogens with zero attached hydrogens (tertiary/aromatic N) is 1. The molecule has 1 amide bonds. The summed E-state index contributed by atoms with van der Waals surface area (Å²) in [6, 6.07) is 2.23. The number of carbonyl (C=O) groups is 2. The van der Waals surface area contributed by atoms with Crippen LogP contribution in [0.4, 0.5) is 4.39 Å². The molecule has 1 aromatic carbocycles. The second kappa shape index (κ2) is 9.74. The normalized spacial score (nSPS) is 30.8. The van der Waals surface area contributed by atoms with Gasteiger partial charge in [-0.25, -0.2) is 9.18 Å². The Morgan fingerprint density at radius 3 is 2.43 bits per heavy atom. The Hall–Kier alpha value is -2.11. The summed E-state index contributed by atoms with van der Waals surface area (Å²) >= 11 is 0. The molecule has 5 nitrogen and oxygen atoms in total. The van der Waals surface area contributed by atoms with Crippen LogP contribution in [0.3, 0.4) is 0 Å². The van der Waals surface area contributed by atoms with E-state index in [0.717, 1.165) is 36.2 Å². The Balaban J connectivity index is 1.44. The van der Waals surface area contributed by atoms with Crippen LogP contribution in [0, 0.1) is 35.9 Å². The van der Waals surface area contributed by atoms with Crippen molar-refractivity contribution in [1.29, 1.82) is 0 Å². The number of likely N-dealkylation sites (tertiary alicyclic amines) is 1. The van der Waals surface area contributed by atoms with Gasteiger partial charge in [-0.15, -0.1) is 0 Å². The number of aryl methyl sites for hydroxylation is 1. The Kier molecular flexibility index (Phi) is 7.23. The highest BCUT2D eigenvalue weighted by Crippen LogP contribution is 2.50. The van der Waals surface area contributed by atoms with Crippen molar-refractivity contribution in [3.63, 3.8) is 0 Å². The van der Waals surface area contributed by atoms with E-state index in [4.69, 9.17) is 9.47 Å². The van der Waals surface area contributed by atoms with Crippen molar-refractivity contribution < 1.29 is 23.5 Å². The molecule has 1 heterocycles. The smallest absolute Gasteiger partial charge is 0.329 e. The SMILES string of the molecule is Cc1cc(C(=O)N2CCCC2C(=O)OC(C)(C)C)c(F)cc1OCC1(C)CC2CC(C)CC(C2)C1. The molecule has 3 aliphatic rings. The van der Waals surface area contributed by atoms with E-state index in [-0.39, 0.29) is 11.0 Å². The van der Waals surface area contributed by atoms with Crippen LogP contribution in [-0.2, 0) is 9.53 Å². The summed E-state index contributed by atoms with van der Waals surface area (Å²) in [5.74, 6) is 1.34. The zero-order valence-corrected chi connectivity index (χ0v) is 22.3. The molecule has 0 spiro atoms. The van der Waals surface area contributed by atoms with Gasteiger partial charge in [-0.3, -0.25) is 4.79 Å². The fourth-order valence-corrected chi connectivity index (χ4v) is 6.84. The fraction of sp³-hybridized carbons (Fsp3) is 0.724. The number of hydrogen-bond acceptors (Lipinski definition) is 4. The van der Waals surface area contributed by atoms with Gasteiger partial charge in [0.25, 0.3) is 5.91 Å². The number of halogens is 1. The maximum absolute atomic E-state index is 15.2. The van der Waals surface area contributed by atoms with E-state index in [0.29, 0.717) is 31.7 Å². The molecule has 1 saturated heterocycles. The molecule has 3 atom stereocenters. The summed E-state index contributed by atoms with van der Waals surface area (Å²) in [6.45, 7) is 12.9. The number of esters is 1. The predicted molar refractivity (Wildman–Crippen MR) is 134 cm³/mol. The maximum Gasteiger partial charge on any atom is 0.329 e. The largest absolute Gasteiger partial charge is 0.493 e. The van der Waals surface area contributed by atoms with Gasteiger partial charge < -0.3 is 14.4 Å². The van der Waals surface area contributed by atoms with Crippen molar-refractivity contribution in [3.05, 3.63) is 29.1 Å². The molecule has 1 aromatic rings. The van der Waals surface area contributed by atoms with Crippen LogP contribution in [0.15, 0.2) is 12.1 Å². The lowest BCUT2D eigenvalue weighted by Gasteiger charge is -2.47. The van der Waals surface area contributed by atoms with Crippen LogP contribution >= 0.6 is 0 Å². The fourth-order valence-electron chi connectivity index (χ4n) is 6.84. The van der Waals surface area contributed by atoms with Gasteiger partial charge in [0.15, 0.2) is 0 Å². The molecular formula is C29H42FNO4. The highest BCUT2D eigenvalue weighted by atomic mass is 19.1. The zero-order valence-electron chi connectivity index (χ0n) is 22.3. The van der Waals surface area contributed by atoms with Crippen molar-refractivity contribution in [2.45, 2.75) is 98.1 Å². The third-order valence-corrected chi connectivity index (χ3v) is 7.96. The molecule has 194 valence electrons. The standard InChI is InChI=1S/C29H42FNO4/c1-18-10-20-13-21(11-18)16-29(6,15-20)17-34-25-14-23(30)22(12-19(25)2)26(32)31-9-7-8-24(31)27(33)35-28(3,4)5/h12,14,18,20-21,24H,7-11,13,15-17H2,1-6H3. The number of carbonyl (C=O) groups excluding carboxylic acids is 2. The van der Waals surface area contributed by atoms with E-state index in [9.17, 15) is 9.59 Å². The van der Waals surface area contributed by atoms with Crippen LogP contribution in [0.5, 0.6) is 5.75 Å². The summed E-state index contributed by atoms with van der Waals surface area (Å²) in [4.78, 5) is 27.3. The van der Waals surface area contributed by atoms with Crippen LogP contribution in [0.1, 0.15) is 95.5 Å². The van der Waals surface area contributed by atoms with E-state index >= 15 is 4.39 Å².